The van der Waals surface area contributed by atoms with E-state index in [1.54, 1.807) is 6.07 Å². The van der Waals surface area contributed by atoms with Gasteiger partial charge in [-0.15, -0.1) is 0 Å². The van der Waals surface area contributed by atoms with Crippen LogP contribution in [0.15, 0.2) is 29.3 Å². The van der Waals surface area contributed by atoms with Crippen molar-refractivity contribution < 1.29 is 13.6 Å². The van der Waals surface area contributed by atoms with Gasteiger partial charge in [0.25, 0.3) is 5.92 Å². The molecule has 0 radical (unpaired) electrons. The lowest BCUT2D eigenvalue weighted by Gasteiger charge is -2.10. The zero-order valence-corrected chi connectivity index (χ0v) is 14.2. The fourth-order valence-corrected chi connectivity index (χ4v) is 2.53. The number of hydrogen-bond donors (Lipinski definition) is 1. The van der Waals surface area contributed by atoms with Gasteiger partial charge in [0.15, 0.2) is 5.82 Å². The van der Waals surface area contributed by atoms with Crippen LogP contribution in [-0.2, 0) is 10.7 Å². The van der Waals surface area contributed by atoms with Crippen molar-refractivity contribution in [1.82, 2.24) is 24.7 Å². The molecule has 0 atom stereocenters. The predicted molar refractivity (Wildman–Crippen MR) is 86.0 cm³/mol. The van der Waals surface area contributed by atoms with Gasteiger partial charge < -0.3 is 5.32 Å². The first-order chi connectivity index (χ1) is 11.3. The van der Waals surface area contributed by atoms with Crippen LogP contribution in [-0.4, -0.2) is 30.6 Å². The number of aromatic nitrogens is 5. The monoisotopic (exact) mass is 396 g/mol. The maximum atomic E-state index is 13.5. The average molecular weight is 397 g/mol. The summed E-state index contributed by atoms with van der Waals surface area (Å²) in [5, 5.41) is 7.43. The second kappa shape index (κ2) is 5.86. The molecule has 0 spiro atoms. The molecule has 3 aromatic rings. The lowest BCUT2D eigenvalue weighted by atomic mass is 10.3. The number of anilines is 1. The Morgan fingerprint density at radius 1 is 1.33 bits per heavy atom. The lowest BCUT2D eigenvalue weighted by Crippen LogP contribution is -2.13. The van der Waals surface area contributed by atoms with Crippen LogP contribution in [0.5, 0.6) is 0 Å². The van der Waals surface area contributed by atoms with Gasteiger partial charge in [0.1, 0.15) is 16.1 Å². The molecule has 3 aromatic heterocycles. The molecular weight excluding hydrogens is 386 g/mol. The van der Waals surface area contributed by atoms with E-state index in [9.17, 15) is 13.6 Å². The van der Waals surface area contributed by atoms with E-state index in [4.69, 9.17) is 0 Å². The number of pyridine rings is 1. The standard InChI is InChI=1S/C14H11BrF2N6O/c1-7(24)20-11-3-9-8(4-19-11)13(15)22-23(9)12-6-18-5-10(21-12)14(2,16)17/h3-6H,1-2H3,(H,19,20,24). The molecule has 24 heavy (non-hydrogen) atoms. The van der Waals surface area contributed by atoms with Crippen molar-refractivity contribution >= 4 is 38.6 Å². The van der Waals surface area contributed by atoms with Gasteiger partial charge in [0.2, 0.25) is 5.91 Å². The number of nitrogens with one attached hydrogen (secondary N) is 1. The summed E-state index contributed by atoms with van der Waals surface area (Å²) in [6, 6.07) is 1.58. The molecule has 0 saturated heterocycles. The number of fused-ring (bicyclic) bond motifs is 1. The molecule has 3 rings (SSSR count). The van der Waals surface area contributed by atoms with Crippen molar-refractivity contribution in [3.63, 3.8) is 0 Å². The fourth-order valence-electron chi connectivity index (χ4n) is 2.07. The predicted octanol–water partition coefficient (Wildman–Crippen LogP) is 3.04. The minimum Gasteiger partial charge on any atom is -0.311 e. The van der Waals surface area contributed by atoms with Crippen molar-refractivity contribution in [2.45, 2.75) is 19.8 Å². The Balaban J connectivity index is 2.17. The van der Waals surface area contributed by atoms with E-state index in [-0.39, 0.29) is 11.7 Å². The first-order valence-electron chi connectivity index (χ1n) is 6.78. The van der Waals surface area contributed by atoms with E-state index in [0.717, 1.165) is 13.1 Å². The van der Waals surface area contributed by atoms with Crippen LogP contribution in [0.3, 0.4) is 0 Å². The topological polar surface area (TPSA) is 85.6 Å². The van der Waals surface area contributed by atoms with Crippen LogP contribution in [0.2, 0.25) is 0 Å². The summed E-state index contributed by atoms with van der Waals surface area (Å²) in [6.45, 7) is 2.11. The van der Waals surface area contributed by atoms with Crippen LogP contribution in [0.25, 0.3) is 16.7 Å². The first kappa shape index (κ1) is 16.4. The minimum atomic E-state index is -3.12. The zero-order valence-electron chi connectivity index (χ0n) is 12.6. The van der Waals surface area contributed by atoms with Crippen LogP contribution >= 0.6 is 15.9 Å². The molecule has 0 aliphatic rings. The molecule has 124 valence electrons. The Kier molecular flexibility index (Phi) is 3.99. The van der Waals surface area contributed by atoms with E-state index in [2.05, 4.69) is 41.3 Å². The fraction of sp³-hybridized carbons (Fsp3) is 0.214. The molecule has 0 fully saturated rings. The highest BCUT2D eigenvalue weighted by Crippen LogP contribution is 2.28. The van der Waals surface area contributed by atoms with Gasteiger partial charge in [-0.25, -0.2) is 14.6 Å². The van der Waals surface area contributed by atoms with Crippen molar-refractivity contribution in [2.75, 3.05) is 5.32 Å². The summed E-state index contributed by atoms with van der Waals surface area (Å²) in [6.07, 6.45) is 3.85. The highest BCUT2D eigenvalue weighted by atomic mass is 79.9. The third-order valence-corrected chi connectivity index (χ3v) is 3.70. The summed E-state index contributed by atoms with van der Waals surface area (Å²) >= 11 is 3.29. The Labute approximate surface area is 143 Å². The van der Waals surface area contributed by atoms with Crippen molar-refractivity contribution in [1.29, 1.82) is 0 Å². The molecular formula is C14H11BrF2N6O. The normalized spacial score (nSPS) is 11.7. The quantitative estimate of drug-likeness (QED) is 0.735. The molecule has 0 bridgehead atoms. The van der Waals surface area contributed by atoms with Gasteiger partial charge in [0.05, 0.1) is 23.3 Å². The highest BCUT2D eigenvalue weighted by molar-refractivity contribution is 9.10. The number of alkyl halides is 2. The highest BCUT2D eigenvalue weighted by Gasteiger charge is 2.27. The maximum absolute atomic E-state index is 13.5. The first-order valence-corrected chi connectivity index (χ1v) is 7.57. The molecule has 0 aromatic carbocycles. The summed E-state index contributed by atoms with van der Waals surface area (Å²) in [4.78, 5) is 23.0. The Hall–Kier alpha value is -2.49. The summed E-state index contributed by atoms with van der Waals surface area (Å²) in [7, 11) is 0. The van der Waals surface area contributed by atoms with Gasteiger partial charge in [-0.05, 0) is 15.9 Å². The van der Waals surface area contributed by atoms with Crippen molar-refractivity contribution in [3.8, 4) is 5.82 Å². The third kappa shape index (κ3) is 3.09. The van der Waals surface area contributed by atoms with E-state index in [1.807, 2.05) is 0 Å². The lowest BCUT2D eigenvalue weighted by molar-refractivity contribution is -0.114. The van der Waals surface area contributed by atoms with E-state index in [0.29, 0.717) is 21.3 Å². The van der Waals surface area contributed by atoms with E-state index < -0.39 is 11.6 Å². The average Bonchev–Trinajstić information content (AvgIpc) is 2.83. The number of amides is 1. The third-order valence-electron chi connectivity index (χ3n) is 3.11. The largest absolute Gasteiger partial charge is 0.311 e. The molecule has 1 amide bonds. The van der Waals surface area contributed by atoms with E-state index >= 15 is 0 Å². The van der Waals surface area contributed by atoms with Crippen LogP contribution in [0, 0.1) is 0 Å². The van der Waals surface area contributed by atoms with Crippen LogP contribution < -0.4 is 5.32 Å². The summed E-state index contributed by atoms with van der Waals surface area (Å²) in [5.74, 6) is -2.95. The molecule has 0 aliphatic carbocycles. The van der Waals surface area contributed by atoms with Gasteiger partial charge in [-0.1, -0.05) is 0 Å². The van der Waals surface area contributed by atoms with Gasteiger partial charge in [0, 0.05) is 26.1 Å². The number of carbonyl (C=O) groups is 1. The second-order valence-corrected chi connectivity index (χ2v) is 5.87. The van der Waals surface area contributed by atoms with E-state index in [1.165, 1.54) is 24.0 Å². The summed E-state index contributed by atoms with van der Waals surface area (Å²) < 4.78 is 28.8. The number of nitrogens with zero attached hydrogens (tertiary/aromatic N) is 5. The number of carbonyl (C=O) groups excluding carboxylic acids is 1. The smallest absolute Gasteiger partial charge is 0.288 e. The zero-order chi connectivity index (χ0) is 17.5. The molecule has 0 saturated carbocycles. The molecule has 0 unspecified atom stereocenters. The van der Waals surface area contributed by atoms with Crippen molar-refractivity contribution in [2.24, 2.45) is 0 Å². The molecule has 7 nitrogen and oxygen atoms in total. The van der Waals surface area contributed by atoms with Gasteiger partial charge in [-0.3, -0.25) is 9.78 Å². The number of halogens is 3. The van der Waals surface area contributed by atoms with Crippen molar-refractivity contribution in [3.05, 3.63) is 35.0 Å². The van der Waals surface area contributed by atoms with Gasteiger partial charge >= 0.3 is 0 Å². The van der Waals surface area contributed by atoms with Crippen LogP contribution in [0.1, 0.15) is 19.5 Å². The molecule has 10 heteroatoms. The minimum absolute atomic E-state index is 0.129. The van der Waals surface area contributed by atoms with Crippen LogP contribution in [0.4, 0.5) is 14.6 Å². The summed E-state index contributed by atoms with van der Waals surface area (Å²) in [5.41, 5.74) is 0.0717. The Morgan fingerprint density at radius 3 is 2.75 bits per heavy atom. The second-order valence-electron chi connectivity index (χ2n) is 5.12. The Bertz CT molecular complexity index is 937. The number of hydrogen-bond acceptors (Lipinski definition) is 5. The van der Waals surface area contributed by atoms with Gasteiger partial charge in [-0.2, -0.15) is 13.9 Å². The maximum Gasteiger partial charge on any atom is 0.288 e. The Morgan fingerprint density at radius 2 is 2.08 bits per heavy atom. The molecule has 1 N–H and O–H groups in total. The molecule has 3 heterocycles. The molecule has 0 aliphatic heterocycles. The number of rotatable bonds is 3. The SMILES string of the molecule is CC(=O)Nc1cc2c(cn1)c(Br)nn2-c1cncc(C(C)(F)F)n1.